The van der Waals surface area contributed by atoms with Crippen LogP contribution in [-0.2, 0) is 14.4 Å². The van der Waals surface area contributed by atoms with Gasteiger partial charge in [0.15, 0.2) is 0 Å². The topological polar surface area (TPSA) is 67.8 Å². The second kappa shape index (κ2) is 7.11. The molecule has 1 aromatic carbocycles. The summed E-state index contributed by atoms with van der Waals surface area (Å²) in [7, 11) is 1.32. The van der Waals surface area contributed by atoms with E-state index in [1.165, 1.54) is 20.1 Å². The highest BCUT2D eigenvalue weighted by Crippen LogP contribution is 2.25. The fourth-order valence-electron chi connectivity index (χ4n) is 1.28. The van der Waals surface area contributed by atoms with Crippen LogP contribution in [0.2, 0.25) is 10.0 Å². The monoisotopic (exact) mass is 302 g/mol. The summed E-state index contributed by atoms with van der Waals surface area (Å²) in [6.07, 6.45) is 1.13. The number of Topliss-reactive ketones (excluding diaryl/α,β-unsaturated/α-hetero) is 1. The number of oxime groups is 1. The molecule has 5 nitrogen and oxygen atoms in total. The maximum absolute atomic E-state index is 11.9. The third kappa shape index (κ3) is 4.54. The van der Waals surface area contributed by atoms with Crippen LogP contribution in [0.3, 0.4) is 0 Å². The molecule has 0 spiro atoms. The highest BCUT2D eigenvalue weighted by Gasteiger charge is 2.22. The van der Waals surface area contributed by atoms with Gasteiger partial charge in [0, 0.05) is 5.02 Å². The van der Waals surface area contributed by atoms with E-state index < -0.39 is 11.8 Å². The van der Waals surface area contributed by atoms with E-state index in [9.17, 15) is 9.59 Å². The molecule has 0 unspecified atom stereocenters. The number of hydrogen-bond donors (Lipinski definition) is 1. The van der Waals surface area contributed by atoms with Gasteiger partial charge in [-0.1, -0.05) is 28.4 Å². The molecule has 1 rings (SSSR count). The van der Waals surface area contributed by atoms with Gasteiger partial charge < -0.3 is 10.2 Å². The molecule has 0 bridgehead atoms. The van der Waals surface area contributed by atoms with Gasteiger partial charge in [-0.2, -0.15) is 0 Å². The van der Waals surface area contributed by atoms with Crippen LogP contribution in [0.25, 0.3) is 0 Å². The summed E-state index contributed by atoms with van der Waals surface area (Å²) >= 11 is 11.7. The van der Waals surface area contributed by atoms with Crippen molar-refractivity contribution in [1.82, 2.24) is 0 Å². The Morgan fingerprint density at radius 1 is 1.42 bits per heavy atom. The van der Waals surface area contributed by atoms with Crippen molar-refractivity contribution in [2.75, 3.05) is 12.4 Å². The van der Waals surface area contributed by atoms with Crippen molar-refractivity contribution in [3.8, 4) is 0 Å². The van der Waals surface area contributed by atoms with Crippen LogP contribution in [0.4, 0.5) is 5.69 Å². The zero-order chi connectivity index (χ0) is 14.4. The number of carbonyl (C=O) groups is 2. The van der Waals surface area contributed by atoms with Gasteiger partial charge in [-0.15, -0.1) is 0 Å². The van der Waals surface area contributed by atoms with Gasteiger partial charge in [0.05, 0.1) is 16.9 Å². The van der Waals surface area contributed by atoms with E-state index in [0.717, 1.165) is 6.21 Å². The van der Waals surface area contributed by atoms with E-state index in [-0.39, 0.29) is 10.8 Å². The average molecular weight is 303 g/mol. The molecule has 19 heavy (non-hydrogen) atoms. The maximum Gasteiger partial charge on any atom is 0.240 e. The van der Waals surface area contributed by atoms with E-state index in [1.54, 1.807) is 12.1 Å². The average Bonchev–Trinajstić information content (AvgIpc) is 2.33. The number of rotatable bonds is 5. The van der Waals surface area contributed by atoms with Crippen molar-refractivity contribution in [2.45, 2.75) is 6.92 Å². The third-order valence-corrected chi connectivity index (χ3v) is 2.77. The molecule has 102 valence electrons. The summed E-state index contributed by atoms with van der Waals surface area (Å²) in [5, 5.41) is 6.70. The fourth-order valence-corrected chi connectivity index (χ4v) is 1.74. The lowest BCUT2D eigenvalue weighted by Gasteiger charge is -2.11. The van der Waals surface area contributed by atoms with E-state index in [4.69, 9.17) is 23.2 Å². The minimum absolute atomic E-state index is 0.284. The van der Waals surface area contributed by atoms with Crippen LogP contribution in [0.5, 0.6) is 0 Å². The lowest BCUT2D eigenvalue weighted by atomic mass is 10.1. The first-order valence-corrected chi connectivity index (χ1v) is 6.04. The van der Waals surface area contributed by atoms with Gasteiger partial charge in [-0.25, -0.2) is 0 Å². The van der Waals surface area contributed by atoms with Crippen LogP contribution in [0, 0.1) is 5.92 Å². The summed E-state index contributed by atoms with van der Waals surface area (Å²) < 4.78 is 0. The van der Waals surface area contributed by atoms with E-state index >= 15 is 0 Å². The normalized spacial score (nSPS) is 12.2. The Morgan fingerprint density at radius 3 is 2.63 bits per heavy atom. The Hall–Kier alpha value is -1.59. The number of anilines is 1. The highest BCUT2D eigenvalue weighted by molar-refractivity contribution is 6.37. The van der Waals surface area contributed by atoms with Crippen molar-refractivity contribution < 1.29 is 14.4 Å². The number of benzene rings is 1. The number of hydrogen-bond acceptors (Lipinski definition) is 4. The number of ketones is 1. The molecule has 0 aliphatic carbocycles. The molecule has 0 aliphatic rings. The molecule has 0 saturated carbocycles. The smallest absolute Gasteiger partial charge is 0.240 e. The molecule has 0 saturated heterocycles. The summed E-state index contributed by atoms with van der Waals surface area (Å²) in [6.45, 7) is 1.29. The van der Waals surface area contributed by atoms with Crippen LogP contribution >= 0.6 is 23.2 Å². The fraction of sp³-hybridized carbons (Fsp3) is 0.250. The second-order valence-electron chi connectivity index (χ2n) is 3.64. The second-order valence-corrected chi connectivity index (χ2v) is 4.48. The Morgan fingerprint density at radius 2 is 2.11 bits per heavy atom. The van der Waals surface area contributed by atoms with Gasteiger partial charge in [0.25, 0.3) is 0 Å². The number of carbonyl (C=O) groups excluding carboxylic acids is 2. The van der Waals surface area contributed by atoms with Gasteiger partial charge in [0.2, 0.25) is 5.91 Å². The van der Waals surface area contributed by atoms with Gasteiger partial charge in [0.1, 0.15) is 18.8 Å². The van der Waals surface area contributed by atoms with Gasteiger partial charge in [-0.3, -0.25) is 9.59 Å². The molecule has 0 fully saturated rings. The Kier molecular flexibility index (Phi) is 5.79. The Balaban J connectivity index is 2.87. The molecule has 1 atom stereocenters. The standard InChI is InChI=1S/C12H12Cl2N2O3/c1-7(17)9(6-15-19-2)12(18)16-11-4-3-8(13)5-10(11)14/h3-6,9H,1-2H3,(H,16,18)/b15-6-/t9-/m0/s1. The first-order valence-electron chi connectivity index (χ1n) is 5.28. The van der Waals surface area contributed by atoms with Gasteiger partial charge in [-0.05, 0) is 25.1 Å². The van der Waals surface area contributed by atoms with Crippen LogP contribution in [0.15, 0.2) is 23.4 Å². The number of halogens is 2. The van der Waals surface area contributed by atoms with Crippen molar-refractivity contribution in [3.05, 3.63) is 28.2 Å². The summed E-state index contributed by atoms with van der Waals surface area (Å²) in [6, 6.07) is 4.62. The third-order valence-electron chi connectivity index (χ3n) is 2.22. The molecule has 0 radical (unpaired) electrons. The molecule has 0 heterocycles. The molecule has 0 aromatic heterocycles. The van der Waals surface area contributed by atoms with Crippen LogP contribution < -0.4 is 5.32 Å². The molecule has 1 N–H and O–H groups in total. The quantitative estimate of drug-likeness (QED) is 0.516. The van der Waals surface area contributed by atoms with Crippen LogP contribution in [-0.4, -0.2) is 25.0 Å². The minimum atomic E-state index is -1.04. The maximum atomic E-state index is 11.9. The molecule has 1 amide bonds. The summed E-state index contributed by atoms with van der Waals surface area (Å²) in [5.41, 5.74) is 0.369. The highest BCUT2D eigenvalue weighted by atomic mass is 35.5. The van der Waals surface area contributed by atoms with E-state index in [1.807, 2.05) is 0 Å². The van der Waals surface area contributed by atoms with Crippen molar-refractivity contribution in [3.63, 3.8) is 0 Å². The molecule has 1 aromatic rings. The van der Waals surface area contributed by atoms with Crippen molar-refractivity contribution in [1.29, 1.82) is 0 Å². The molecular formula is C12H12Cl2N2O3. The zero-order valence-corrected chi connectivity index (χ0v) is 11.8. The van der Waals surface area contributed by atoms with Crippen LogP contribution in [0.1, 0.15) is 6.92 Å². The predicted octanol–water partition coefficient (Wildman–Crippen LogP) is 2.77. The van der Waals surface area contributed by atoms with E-state index in [0.29, 0.717) is 10.7 Å². The van der Waals surface area contributed by atoms with Crippen molar-refractivity contribution >= 4 is 46.8 Å². The minimum Gasteiger partial charge on any atom is -0.399 e. The number of nitrogens with zero attached hydrogens (tertiary/aromatic N) is 1. The van der Waals surface area contributed by atoms with E-state index in [2.05, 4.69) is 15.3 Å². The lowest BCUT2D eigenvalue weighted by molar-refractivity contribution is -0.126. The Labute approximate surface area is 120 Å². The number of amides is 1. The van der Waals surface area contributed by atoms with Crippen molar-refractivity contribution in [2.24, 2.45) is 11.1 Å². The summed E-state index contributed by atoms with van der Waals surface area (Å²) in [5.74, 6) is -1.94. The summed E-state index contributed by atoms with van der Waals surface area (Å²) in [4.78, 5) is 27.7. The predicted molar refractivity (Wildman–Crippen MR) is 74.8 cm³/mol. The molecular weight excluding hydrogens is 291 g/mol. The first-order chi connectivity index (χ1) is 8.95. The Bertz CT molecular complexity index is 518. The first kappa shape index (κ1) is 15.5. The molecule has 7 heteroatoms. The van der Waals surface area contributed by atoms with Gasteiger partial charge >= 0.3 is 0 Å². The molecule has 0 aliphatic heterocycles. The zero-order valence-electron chi connectivity index (χ0n) is 10.3. The number of nitrogens with one attached hydrogen (secondary N) is 1. The largest absolute Gasteiger partial charge is 0.399 e. The SMILES string of the molecule is CO/N=C\[C@@H](C(C)=O)C(=O)Nc1ccc(Cl)cc1Cl. The lowest BCUT2D eigenvalue weighted by Crippen LogP contribution is -2.29.